The first-order chi connectivity index (χ1) is 9.56. The number of carbonyl (C=O) groups excluding carboxylic acids is 1. The van der Waals surface area contributed by atoms with E-state index in [1.165, 1.54) is 10.6 Å². The van der Waals surface area contributed by atoms with Crippen molar-refractivity contribution in [2.75, 3.05) is 5.32 Å². The van der Waals surface area contributed by atoms with Crippen molar-refractivity contribution in [1.82, 2.24) is 9.88 Å². The summed E-state index contributed by atoms with van der Waals surface area (Å²) in [5, 5.41) is 5.51. The van der Waals surface area contributed by atoms with E-state index in [1.54, 1.807) is 20.2 Å². The van der Waals surface area contributed by atoms with Crippen LogP contribution in [0, 0.1) is 6.92 Å². The van der Waals surface area contributed by atoms with E-state index in [-0.39, 0.29) is 11.6 Å². The summed E-state index contributed by atoms with van der Waals surface area (Å²) in [7, 11) is 1.65. The lowest BCUT2D eigenvalue weighted by atomic mass is 10.2. The smallest absolute Gasteiger partial charge is 0.319 e. The van der Waals surface area contributed by atoms with E-state index in [0.29, 0.717) is 12.2 Å². The first-order valence-electron chi connectivity index (χ1n) is 6.32. The molecule has 1 aromatic heterocycles. The molecular weight excluding hydrogens is 254 g/mol. The highest BCUT2D eigenvalue weighted by Crippen LogP contribution is 2.10. The molecule has 1 aromatic carbocycles. The molecule has 0 aliphatic heterocycles. The topological polar surface area (TPSA) is 63.1 Å². The summed E-state index contributed by atoms with van der Waals surface area (Å²) in [6, 6.07) is 10.9. The second-order valence-electron chi connectivity index (χ2n) is 4.61. The predicted octanol–water partition coefficient (Wildman–Crippen LogP) is 2.02. The lowest BCUT2D eigenvalue weighted by Gasteiger charge is -2.11. The van der Waals surface area contributed by atoms with Crippen molar-refractivity contribution >= 4 is 11.7 Å². The molecule has 0 fully saturated rings. The molecule has 0 aliphatic carbocycles. The molecule has 0 saturated heterocycles. The molecule has 0 bridgehead atoms. The molecular formula is C15H17N3O2. The van der Waals surface area contributed by atoms with Gasteiger partial charge in [-0.15, -0.1) is 0 Å². The molecule has 0 aliphatic rings. The van der Waals surface area contributed by atoms with E-state index >= 15 is 0 Å². The summed E-state index contributed by atoms with van der Waals surface area (Å²) >= 11 is 0. The fourth-order valence-corrected chi connectivity index (χ4v) is 1.80. The van der Waals surface area contributed by atoms with Crippen molar-refractivity contribution in [1.29, 1.82) is 0 Å². The highest BCUT2D eigenvalue weighted by atomic mass is 16.2. The van der Waals surface area contributed by atoms with Crippen LogP contribution in [0.2, 0.25) is 0 Å². The molecule has 2 aromatic rings. The van der Waals surface area contributed by atoms with Gasteiger partial charge in [0.15, 0.2) is 0 Å². The van der Waals surface area contributed by atoms with Gasteiger partial charge in [-0.2, -0.15) is 0 Å². The number of carbonyl (C=O) groups is 1. The summed E-state index contributed by atoms with van der Waals surface area (Å²) in [6.45, 7) is 2.24. The minimum absolute atomic E-state index is 0.0993. The van der Waals surface area contributed by atoms with Crippen LogP contribution in [-0.2, 0) is 13.6 Å². The number of amides is 2. The number of pyridine rings is 1. The van der Waals surface area contributed by atoms with Crippen molar-refractivity contribution < 1.29 is 4.79 Å². The van der Waals surface area contributed by atoms with Crippen molar-refractivity contribution in [2.24, 2.45) is 7.05 Å². The molecule has 0 spiro atoms. The zero-order valence-corrected chi connectivity index (χ0v) is 11.5. The lowest BCUT2D eigenvalue weighted by Crippen LogP contribution is -2.29. The number of aryl methyl sites for hydroxylation is 2. The normalized spacial score (nSPS) is 10.1. The number of aromatic nitrogens is 1. The van der Waals surface area contributed by atoms with E-state index < -0.39 is 0 Å². The molecule has 2 amide bonds. The molecule has 1 heterocycles. The highest BCUT2D eigenvalue weighted by molar-refractivity contribution is 5.89. The molecule has 0 radical (unpaired) electrons. The van der Waals surface area contributed by atoms with Gasteiger partial charge in [0.1, 0.15) is 0 Å². The summed E-state index contributed by atoms with van der Waals surface area (Å²) < 4.78 is 1.43. The van der Waals surface area contributed by atoms with Crippen molar-refractivity contribution in [2.45, 2.75) is 13.5 Å². The Morgan fingerprint density at radius 1 is 1.25 bits per heavy atom. The number of anilines is 1. The Morgan fingerprint density at radius 2 is 1.95 bits per heavy atom. The van der Waals surface area contributed by atoms with Crippen molar-refractivity contribution in [3.63, 3.8) is 0 Å². The van der Waals surface area contributed by atoms with E-state index in [4.69, 9.17) is 0 Å². The Balaban J connectivity index is 1.98. The second-order valence-corrected chi connectivity index (χ2v) is 4.61. The first kappa shape index (κ1) is 13.9. The van der Waals surface area contributed by atoms with Gasteiger partial charge in [0.2, 0.25) is 0 Å². The maximum absolute atomic E-state index is 11.8. The third-order valence-corrected chi connectivity index (χ3v) is 2.98. The fraction of sp³-hybridized carbons (Fsp3) is 0.200. The Labute approximate surface area is 117 Å². The van der Waals surface area contributed by atoms with E-state index in [1.807, 2.05) is 30.3 Å². The summed E-state index contributed by atoms with van der Waals surface area (Å²) in [4.78, 5) is 23.2. The molecule has 5 nitrogen and oxygen atoms in total. The molecule has 20 heavy (non-hydrogen) atoms. The van der Waals surface area contributed by atoms with Crippen LogP contribution >= 0.6 is 0 Å². The van der Waals surface area contributed by atoms with Crippen LogP contribution in [0.5, 0.6) is 0 Å². The predicted molar refractivity (Wildman–Crippen MR) is 78.7 cm³/mol. The molecule has 0 saturated carbocycles. The molecule has 2 rings (SSSR count). The third kappa shape index (κ3) is 3.47. The standard InChI is InChI=1S/C15H17N3O2/c1-11-8-14(19)18(2)10-13(11)17-15(20)16-9-12-6-4-3-5-7-12/h3-8,10H,9H2,1-2H3,(H2,16,17,20). The van der Waals surface area contributed by atoms with Crippen LogP contribution in [0.15, 0.2) is 47.4 Å². The molecule has 2 N–H and O–H groups in total. The molecule has 0 atom stereocenters. The maximum atomic E-state index is 11.8. The zero-order valence-electron chi connectivity index (χ0n) is 11.5. The fourth-order valence-electron chi connectivity index (χ4n) is 1.80. The van der Waals surface area contributed by atoms with Crippen LogP contribution in [-0.4, -0.2) is 10.6 Å². The van der Waals surface area contributed by atoms with E-state index in [2.05, 4.69) is 10.6 Å². The van der Waals surface area contributed by atoms with Gasteiger partial charge in [0.25, 0.3) is 5.56 Å². The minimum Gasteiger partial charge on any atom is -0.334 e. The number of hydrogen-bond donors (Lipinski definition) is 2. The largest absolute Gasteiger partial charge is 0.334 e. The van der Waals surface area contributed by atoms with Gasteiger partial charge in [-0.05, 0) is 18.1 Å². The quantitative estimate of drug-likeness (QED) is 0.897. The average molecular weight is 271 g/mol. The Morgan fingerprint density at radius 3 is 2.65 bits per heavy atom. The summed E-state index contributed by atoms with van der Waals surface area (Å²) in [6.07, 6.45) is 1.61. The van der Waals surface area contributed by atoms with Gasteiger partial charge in [-0.25, -0.2) is 4.79 Å². The van der Waals surface area contributed by atoms with Gasteiger partial charge >= 0.3 is 6.03 Å². The van der Waals surface area contributed by atoms with Gasteiger partial charge in [0.05, 0.1) is 5.69 Å². The number of nitrogens with zero attached hydrogens (tertiary/aromatic N) is 1. The highest BCUT2D eigenvalue weighted by Gasteiger charge is 2.06. The van der Waals surface area contributed by atoms with Gasteiger partial charge < -0.3 is 15.2 Å². The first-order valence-corrected chi connectivity index (χ1v) is 6.32. The van der Waals surface area contributed by atoms with Crippen LogP contribution in [0.1, 0.15) is 11.1 Å². The van der Waals surface area contributed by atoms with E-state index in [0.717, 1.165) is 11.1 Å². The Hall–Kier alpha value is -2.56. The second kappa shape index (κ2) is 6.06. The summed E-state index contributed by atoms with van der Waals surface area (Å²) in [5.41, 5.74) is 2.29. The Kier molecular flexibility index (Phi) is 4.20. The third-order valence-electron chi connectivity index (χ3n) is 2.98. The van der Waals surface area contributed by atoms with Crippen molar-refractivity contribution in [3.8, 4) is 0 Å². The average Bonchev–Trinajstić information content (AvgIpc) is 2.44. The number of urea groups is 1. The number of hydrogen-bond acceptors (Lipinski definition) is 2. The van der Waals surface area contributed by atoms with Gasteiger partial charge in [-0.1, -0.05) is 30.3 Å². The number of benzene rings is 1. The van der Waals surface area contributed by atoms with Gasteiger partial charge in [-0.3, -0.25) is 4.79 Å². The number of rotatable bonds is 3. The van der Waals surface area contributed by atoms with Gasteiger partial charge in [0, 0.05) is 25.9 Å². The SMILES string of the molecule is Cc1cc(=O)n(C)cc1NC(=O)NCc1ccccc1. The zero-order chi connectivity index (χ0) is 14.5. The monoisotopic (exact) mass is 271 g/mol. The minimum atomic E-state index is -0.296. The number of nitrogens with one attached hydrogen (secondary N) is 2. The van der Waals surface area contributed by atoms with Crippen LogP contribution in [0.25, 0.3) is 0 Å². The Bertz CT molecular complexity index is 663. The van der Waals surface area contributed by atoms with Crippen LogP contribution in [0.4, 0.5) is 10.5 Å². The maximum Gasteiger partial charge on any atom is 0.319 e. The van der Waals surface area contributed by atoms with Crippen LogP contribution in [0.3, 0.4) is 0 Å². The van der Waals surface area contributed by atoms with E-state index in [9.17, 15) is 9.59 Å². The van der Waals surface area contributed by atoms with Crippen LogP contribution < -0.4 is 16.2 Å². The molecule has 0 unspecified atom stereocenters. The molecule has 5 heteroatoms. The lowest BCUT2D eigenvalue weighted by molar-refractivity contribution is 0.251. The molecule has 104 valence electrons. The van der Waals surface area contributed by atoms with Crippen molar-refractivity contribution in [3.05, 3.63) is 64.1 Å². The summed E-state index contributed by atoms with van der Waals surface area (Å²) in [5.74, 6) is 0.